The quantitative estimate of drug-likeness (QED) is 0.920. The Kier molecular flexibility index (Phi) is 2.87. The number of nitrogens with two attached hydrogens (primary N) is 1. The molecule has 0 aliphatic rings. The molecule has 2 aromatic rings. The maximum Gasteiger partial charge on any atom is 0.229 e. The summed E-state index contributed by atoms with van der Waals surface area (Å²) in [7, 11) is 3.97. The molecule has 0 atom stereocenters. The maximum atomic E-state index is 5.68. The van der Waals surface area contributed by atoms with Crippen LogP contribution in [0.3, 0.4) is 0 Å². The van der Waals surface area contributed by atoms with Crippen LogP contribution in [0.4, 0.5) is 11.6 Å². The van der Waals surface area contributed by atoms with E-state index in [1.54, 1.807) is 6.20 Å². The monoisotopic (exact) mass is 281 g/mol. The molecule has 0 radical (unpaired) electrons. The van der Waals surface area contributed by atoms with Gasteiger partial charge in [-0.05, 0) is 33.6 Å². The van der Waals surface area contributed by atoms with Gasteiger partial charge in [-0.3, -0.25) is 0 Å². The van der Waals surface area contributed by atoms with Crippen LogP contribution in [0.5, 0.6) is 0 Å². The van der Waals surface area contributed by atoms with E-state index in [1.165, 1.54) is 0 Å². The Morgan fingerprint density at radius 1 is 1.38 bits per heavy atom. The molecule has 2 N–H and O–H groups in total. The minimum absolute atomic E-state index is 0.340. The Hall–Kier alpha value is -1.49. The first-order valence-corrected chi connectivity index (χ1v) is 5.56. The van der Waals surface area contributed by atoms with Gasteiger partial charge in [0, 0.05) is 18.6 Å². The molecule has 0 bridgehead atoms. The molecule has 16 heavy (non-hydrogen) atoms. The number of hydrogen-bond acceptors (Lipinski definition) is 4. The third-order valence-corrected chi connectivity index (χ3v) is 3.01. The van der Waals surface area contributed by atoms with Gasteiger partial charge in [-0.25, -0.2) is 0 Å². The summed E-state index contributed by atoms with van der Waals surface area (Å²) in [6.45, 7) is 0. The number of nitrogen functional groups attached to an aromatic ring is 1. The number of benzene rings is 1. The van der Waals surface area contributed by atoms with Gasteiger partial charge in [0.15, 0.2) is 0 Å². The molecule has 1 heterocycles. The Labute approximate surface area is 102 Å². The summed E-state index contributed by atoms with van der Waals surface area (Å²) in [6.07, 6.45) is 1.62. The normalized spacial score (nSPS) is 10.4. The fraction of sp³-hybridized carbons (Fsp3) is 0.182. The molecule has 0 spiro atoms. The molecule has 0 saturated carbocycles. The van der Waals surface area contributed by atoms with E-state index in [0.717, 1.165) is 21.3 Å². The topological polar surface area (TPSA) is 55.3 Å². The molecule has 0 amide bonds. The Bertz CT molecular complexity index is 508. The third-order valence-electron chi connectivity index (χ3n) is 2.34. The summed E-state index contributed by atoms with van der Waals surface area (Å²) in [5.41, 5.74) is 8.57. The number of anilines is 2. The van der Waals surface area contributed by atoms with Crippen molar-refractivity contribution in [1.82, 2.24) is 5.16 Å². The Morgan fingerprint density at radius 3 is 2.69 bits per heavy atom. The summed E-state index contributed by atoms with van der Waals surface area (Å²) in [4.78, 5) is 2.03. The molecule has 84 valence electrons. The second-order valence-corrected chi connectivity index (χ2v) is 4.52. The van der Waals surface area contributed by atoms with Gasteiger partial charge >= 0.3 is 0 Å². The van der Waals surface area contributed by atoms with Gasteiger partial charge in [-0.1, -0.05) is 11.2 Å². The number of halogens is 1. The smallest absolute Gasteiger partial charge is 0.229 e. The zero-order valence-corrected chi connectivity index (χ0v) is 10.7. The summed E-state index contributed by atoms with van der Waals surface area (Å²) < 4.78 is 5.89. The first kappa shape index (κ1) is 11.0. The van der Waals surface area contributed by atoms with Crippen molar-refractivity contribution in [1.29, 1.82) is 0 Å². The fourth-order valence-corrected chi connectivity index (χ4v) is 2.09. The van der Waals surface area contributed by atoms with Gasteiger partial charge < -0.3 is 15.2 Å². The lowest BCUT2D eigenvalue weighted by Gasteiger charge is -2.15. The Balaban J connectivity index is 2.52. The van der Waals surface area contributed by atoms with Crippen molar-refractivity contribution in [2.24, 2.45) is 0 Å². The van der Waals surface area contributed by atoms with E-state index in [-0.39, 0.29) is 0 Å². The third kappa shape index (κ3) is 1.90. The van der Waals surface area contributed by atoms with Gasteiger partial charge in [0.25, 0.3) is 0 Å². The Morgan fingerprint density at radius 2 is 2.12 bits per heavy atom. The van der Waals surface area contributed by atoms with Crippen LogP contribution in [0, 0.1) is 0 Å². The van der Waals surface area contributed by atoms with Crippen molar-refractivity contribution in [3.63, 3.8) is 0 Å². The van der Waals surface area contributed by atoms with E-state index in [1.807, 2.05) is 37.2 Å². The molecule has 0 aliphatic heterocycles. The predicted molar refractivity (Wildman–Crippen MR) is 68.4 cm³/mol. The lowest BCUT2D eigenvalue weighted by atomic mass is 10.1. The molecule has 1 aromatic carbocycles. The summed E-state index contributed by atoms with van der Waals surface area (Å²) in [5.74, 6) is 0.340. The van der Waals surface area contributed by atoms with Crippen molar-refractivity contribution in [3.8, 4) is 11.1 Å². The highest BCUT2D eigenvalue weighted by molar-refractivity contribution is 9.10. The first-order valence-electron chi connectivity index (χ1n) is 4.77. The van der Waals surface area contributed by atoms with Gasteiger partial charge in [0.1, 0.15) is 0 Å². The molecule has 0 unspecified atom stereocenters. The average Bonchev–Trinajstić information content (AvgIpc) is 2.65. The van der Waals surface area contributed by atoms with E-state index in [0.29, 0.717) is 5.88 Å². The predicted octanol–water partition coefficient (Wildman–Crippen LogP) is 2.75. The van der Waals surface area contributed by atoms with Crippen molar-refractivity contribution in [3.05, 3.63) is 28.9 Å². The molecule has 5 heteroatoms. The second-order valence-electron chi connectivity index (χ2n) is 3.66. The van der Waals surface area contributed by atoms with Crippen molar-refractivity contribution >= 4 is 27.5 Å². The number of aromatic nitrogens is 1. The van der Waals surface area contributed by atoms with E-state index < -0.39 is 0 Å². The van der Waals surface area contributed by atoms with Gasteiger partial charge in [0.2, 0.25) is 5.88 Å². The number of nitrogens with zero attached hydrogens (tertiary/aromatic N) is 2. The van der Waals surface area contributed by atoms with E-state index in [4.69, 9.17) is 10.3 Å². The van der Waals surface area contributed by atoms with Gasteiger partial charge in [-0.2, -0.15) is 0 Å². The van der Waals surface area contributed by atoms with Crippen LogP contribution in [-0.4, -0.2) is 19.3 Å². The van der Waals surface area contributed by atoms with Gasteiger partial charge in [0.05, 0.1) is 17.4 Å². The van der Waals surface area contributed by atoms with E-state index >= 15 is 0 Å². The van der Waals surface area contributed by atoms with Gasteiger partial charge in [-0.15, -0.1) is 0 Å². The zero-order chi connectivity index (χ0) is 11.7. The first-order chi connectivity index (χ1) is 7.59. The van der Waals surface area contributed by atoms with Crippen LogP contribution < -0.4 is 10.6 Å². The minimum atomic E-state index is 0.340. The second kappa shape index (κ2) is 4.17. The van der Waals surface area contributed by atoms with E-state index in [9.17, 15) is 0 Å². The van der Waals surface area contributed by atoms with Crippen molar-refractivity contribution < 1.29 is 4.52 Å². The fourth-order valence-electron chi connectivity index (χ4n) is 1.49. The van der Waals surface area contributed by atoms with Crippen molar-refractivity contribution in [2.75, 3.05) is 24.7 Å². The molecular formula is C11H12BrN3O. The standard InChI is InChI=1S/C11H12BrN3O/c1-15(2)10-5-7(3-4-9(10)12)8-6-14-16-11(8)13/h3-6H,13H2,1-2H3. The lowest BCUT2D eigenvalue weighted by molar-refractivity contribution is 0.436. The number of hydrogen-bond donors (Lipinski definition) is 1. The van der Waals surface area contributed by atoms with Crippen LogP contribution >= 0.6 is 15.9 Å². The van der Waals surface area contributed by atoms with Crippen molar-refractivity contribution in [2.45, 2.75) is 0 Å². The van der Waals surface area contributed by atoms with Crippen LogP contribution in [0.1, 0.15) is 0 Å². The highest BCUT2D eigenvalue weighted by Gasteiger charge is 2.10. The molecular weight excluding hydrogens is 270 g/mol. The minimum Gasteiger partial charge on any atom is -0.377 e. The number of rotatable bonds is 2. The van der Waals surface area contributed by atoms with Crippen LogP contribution in [0.25, 0.3) is 11.1 Å². The summed E-state index contributed by atoms with van der Waals surface area (Å²) in [5, 5.41) is 3.67. The lowest BCUT2D eigenvalue weighted by Crippen LogP contribution is -2.09. The summed E-state index contributed by atoms with van der Waals surface area (Å²) >= 11 is 3.50. The van der Waals surface area contributed by atoms with E-state index in [2.05, 4.69) is 21.1 Å². The molecule has 1 aromatic heterocycles. The highest BCUT2D eigenvalue weighted by Crippen LogP contribution is 2.32. The van der Waals surface area contributed by atoms with Crippen LogP contribution in [0.2, 0.25) is 0 Å². The molecule has 2 rings (SSSR count). The average molecular weight is 282 g/mol. The molecule has 4 nitrogen and oxygen atoms in total. The largest absolute Gasteiger partial charge is 0.377 e. The van der Waals surface area contributed by atoms with Crippen LogP contribution in [-0.2, 0) is 0 Å². The molecule has 0 fully saturated rings. The maximum absolute atomic E-state index is 5.68. The molecule has 0 aliphatic carbocycles. The highest BCUT2D eigenvalue weighted by atomic mass is 79.9. The zero-order valence-electron chi connectivity index (χ0n) is 9.07. The van der Waals surface area contributed by atoms with Crippen LogP contribution in [0.15, 0.2) is 33.4 Å². The molecule has 0 saturated heterocycles. The SMILES string of the molecule is CN(C)c1cc(-c2cnoc2N)ccc1Br. The summed E-state index contributed by atoms with van der Waals surface area (Å²) in [6, 6.07) is 5.99.